The maximum Gasteiger partial charge on any atom is 0.310 e. The van der Waals surface area contributed by atoms with E-state index in [4.69, 9.17) is 13.7 Å². The van der Waals surface area contributed by atoms with E-state index >= 15 is 0 Å². The zero-order chi connectivity index (χ0) is 15.8. The molecule has 0 aliphatic heterocycles. The van der Waals surface area contributed by atoms with Gasteiger partial charge in [0.15, 0.2) is 12.4 Å². The summed E-state index contributed by atoms with van der Waals surface area (Å²) >= 11 is 0. The molecule has 23 heavy (non-hydrogen) atoms. The molecule has 0 amide bonds. The molecular formula is C17H16N2O4. The Morgan fingerprint density at radius 3 is 2.91 bits per heavy atom. The molecule has 6 heteroatoms. The standard InChI is InChI=1S/C17H16N2O4/c1-10-18-16(23-19-10)9-22-17(20)7-13-8-21-15-6-12-4-2-3-11(12)5-14(13)15/h5-6,8H,2-4,7,9H2,1H3. The van der Waals surface area contributed by atoms with Gasteiger partial charge in [-0.25, -0.2) is 0 Å². The van der Waals surface area contributed by atoms with E-state index in [1.165, 1.54) is 17.5 Å². The van der Waals surface area contributed by atoms with Gasteiger partial charge in [-0.15, -0.1) is 0 Å². The fourth-order valence-electron chi connectivity index (χ4n) is 3.03. The second-order valence-electron chi connectivity index (χ2n) is 5.80. The lowest BCUT2D eigenvalue weighted by molar-refractivity contribution is -0.144. The lowest BCUT2D eigenvalue weighted by atomic mass is 10.0. The summed E-state index contributed by atoms with van der Waals surface area (Å²) in [6, 6.07) is 4.23. The molecule has 0 unspecified atom stereocenters. The summed E-state index contributed by atoms with van der Waals surface area (Å²) in [5, 5.41) is 4.65. The summed E-state index contributed by atoms with van der Waals surface area (Å²) in [7, 11) is 0. The van der Waals surface area contributed by atoms with Gasteiger partial charge in [-0.2, -0.15) is 4.98 Å². The first kappa shape index (κ1) is 14.0. The molecule has 0 radical (unpaired) electrons. The van der Waals surface area contributed by atoms with E-state index in [-0.39, 0.29) is 19.0 Å². The maximum atomic E-state index is 12.0. The molecule has 1 aliphatic carbocycles. The smallest absolute Gasteiger partial charge is 0.310 e. The number of esters is 1. The van der Waals surface area contributed by atoms with E-state index in [2.05, 4.69) is 22.3 Å². The highest BCUT2D eigenvalue weighted by Gasteiger charge is 2.17. The minimum Gasteiger partial charge on any atom is -0.464 e. The Morgan fingerprint density at radius 2 is 2.13 bits per heavy atom. The van der Waals surface area contributed by atoms with Gasteiger partial charge in [0.2, 0.25) is 0 Å². The first-order valence-electron chi connectivity index (χ1n) is 7.66. The highest BCUT2D eigenvalue weighted by Crippen LogP contribution is 2.30. The van der Waals surface area contributed by atoms with Gasteiger partial charge in [-0.3, -0.25) is 4.79 Å². The number of carbonyl (C=O) groups is 1. The molecular weight excluding hydrogens is 296 g/mol. The van der Waals surface area contributed by atoms with Crippen molar-refractivity contribution in [1.82, 2.24) is 10.1 Å². The van der Waals surface area contributed by atoms with Gasteiger partial charge in [-0.05, 0) is 49.4 Å². The number of furan rings is 1. The van der Waals surface area contributed by atoms with Crippen molar-refractivity contribution in [1.29, 1.82) is 0 Å². The van der Waals surface area contributed by atoms with E-state index in [0.717, 1.165) is 29.4 Å². The van der Waals surface area contributed by atoms with Crippen molar-refractivity contribution >= 4 is 16.9 Å². The molecule has 2 heterocycles. The molecule has 1 aliphatic rings. The first-order chi connectivity index (χ1) is 11.2. The van der Waals surface area contributed by atoms with Gasteiger partial charge in [0.05, 0.1) is 12.7 Å². The topological polar surface area (TPSA) is 78.4 Å². The normalized spacial score (nSPS) is 13.4. The molecule has 0 saturated heterocycles. The summed E-state index contributed by atoms with van der Waals surface area (Å²) in [6.45, 7) is 1.70. The quantitative estimate of drug-likeness (QED) is 0.689. The van der Waals surface area contributed by atoms with Crippen LogP contribution in [0, 0.1) is 6.92 Å². The summed E-state index contributed by atoms with van der Waals surface area (Å²) < 4.78 is 15.7. The molecule has 0 N–H and O–H groups in total. The van der Waals surface area contributed by atoms with Crippen LogP contribution in [0.15, 0.2) is 27.3 Å². The van der Waals surface area contributed by atoms with Crippen LogP contribution in [0.4, 0.5) is 0 Å². The summed E-state index contributed by atoms with van der Waals surface area (Å²) in [6.07, 6.45) is 5.18. The summed E-state index contributed by atoms with van der Waals surface area (Å²) in [4.78, 5) is 16.0. The number of fused-ring (bicyclic) bond motifs is 2. The molecule has 118 valence electrons. The molecule has 2 aromatic heterocycles. The third-order valence-corrected chi connectivity index (χ3v) is 4.13. The fourth-order valence-corrected chi connectivity index (χ4v) is 3.03. The van der Waals surface area contributed by atoms with Crippen molar-refractivity contribution in [2.24, 2.45) is 0 Å². The van der Waals surface area contributed by atoms with Crippen LogP contribution in [-0.2, 0) is 35.4 Å². The molecule has 0 spiro atoms. The third-order valence-electron chi connectivity index (χ3n) is 4.13. The Balaban J connectivity index is 1.48. The summed E-state index contributed by atoms with van der Waals surface area (Å²) in [5.41, 5.74) is 4.39. The molecule has 6 nitrogen and oxygen atoms in total. The monoisotopic (exact) mass is 312 g/mol. The minimum absolute atomic E-state index is 0.00907. The zero-order valence-electron chi connectivity index (χ0n) is 12.8. The predicted molar refractivity (Wildman–Crippen MR) is 80.8 cm³/mol. The number of aryl methyl sites for hydroxylation is 3. The van der Waals surface area contributed by atoms with E-state index in [1.807, 2.05) is 0 Å². The Labute approximate surface area is 132 Å². The fraction of sp³-hybridized carbons (Fsp3) is 0.353. The first-order valence-corrected chi connectivity index (χ1v) is 7.66. The Bertz CT molecular complexity index is 878. The molecule has 1 aromatic carbocycles. The van der Waals surface area contributed by atoms with Crippen molar-refractivity contribution in [3.05, 3.63) is 46.8 Å². The van der Waals surface area contributed by atoms with Crippen LogP contribution in [-0.4, -0.2) is 16.1 Å². The van der Waals surface area contributed by atoms with Gasteiger partial charge in [0.1, 0.15) is 5.58 Å². The highest BCUT2D eigenvalue weighted by molar-refractivity contribution is 5.87. The lowest BCUT2D eigenvalue weighted by Crippen LogP contribution is -2.08. The second kappa shape index (κ2) is 5.53. The molecule has 0 fully saturated rings. The van der Waals surface area contributed by atoms with Gasteiger partial charge in [0, 0.05) is 10.9 Å². The van der Waals surface area contributed by atoms with E-state index in [1.54, 1.807) is 13.2 Å². The number of ether oxygens (including phenoxy) is 1. The molecule has 0 bridgehead atoms. The molecule has 0 atom stereocenters. The Morgan fingerprint density at radius 1 is 1.30 bits per heavy atom. The molecule has 0 saturated carbocycles. The van der Waals surface area contributed by atoms with Crippen molar-refractivity contribution in [2.45, 2.75) is 39.2 Å². The Hall–Kier alpha value is -2.63. The van der Waals surface area contributed by atoms with Crippen molar-refractivity contribution in [3.63, 3.8) is 0 Å². The number of rotatable bonds is 4. The second-order valence-corrected chi connectivity index (χ2v) is 5.80. The average Bonchev–Trinajstić information content (AvgIpc) is 3.24. The number of aromatic nitrogens is 2. The lowest BCUT2D eigenvalue weighted by Gasteiger charge is -2.02. The molecule has 3 aromatic rings. The number of benzene rings is 1. The number of hydrogen-bond donors (Lipinski definition) is 0. The summed E-state index contributed by atoms with van der Waals surface area (Å²) in [5.74, 6) is 0.473. The van der Waals surface area contributed by atoms with E-state index in [9.17, 15) is 4.79 Å². The Kier molecular flexibility index (Phi) is 3.37. The van der Waals surface area contributed by atoms with Crippen molar-refractivity contribution in [2.75, 3.05) is 0 Å². The highest BCUT2D eigenvalue weighted by atomic mass is 16.6. The van der Waals surface area contributed by atoms with Crippen LogP contribution in [0.2, 0.25) is 0 Å². The van der Waals surface area contributed by atoms with Crippen LogP contribution >= 0.6 is 0 Å². The van der Waals surface area contributed by atoms with Crippen LogP contribution in [0.3, 0.4) is 0 Å². The zero-order valence-corrected chi connectivity index (χ0v) is 12.8. The van der Waals surface area contributed by atoms with Crippen LogP contribution in [0.25, 0.3) is 11.0 Å². The third kappa shape index (κ3) is 2.72. The average molecular weight is 312 g/mol. The predicted octanol–water partition coefficient (Wildman–Crippen LogP) is 2.90. The SMILES string of the molecule is Cc1noc(COC(=O)Cc2coc3cc4c(cc23)CCC4)n1. The maximum absolute atomic E-state index is 12.0. The number of nitrogens with zero attached hydrogens (tertiary/aromatic N) is 2. The van der Waals surface area contributed by atoms with Crippen LogP contribution < -0.4 is 0 Å². The van der Waals surface area contributed by atoms with Gasteiger partial charge < -0.3 is 13.7 Å². The largest absolute Gasteiger partial charge is 0.464 e. The van der Waals surface area contributed by atoms with E-state index in [0.29, 0.717) is 11.7 Å². The van der Waals surface area contributed by atoms with E-state index < -0.39 is 0 Å². The van der Waals surface area contributed by atoms with Crippen molar-refractivity contribution < 1.29 is 18.5 Å². The van der Waals surface area contributed by atoms with Gasteiger partial charge >= 0.3 is 5.97 Å². The van der Waals surface area contributed by atoms with Crippen molar-refractivity contribution in [3.8, 4) is 0 Å². The molecule has 4 rings (SSSR count). The van der Waals surface area contributed by atoms with Crippen LogP contribution in [0.5, 0.6) is 0 Å². The number of carbonyl (C=O) groups excluding carboxylic acids is 1. The minimum atomic E-state index is -0.343. The number of hydrogen-bond acceptors (Lipinski definition) is 6. The van der Waals surface area contributed by atoms with Crippen LogP contribution in [0.1, 0.15) is 34.8 Å². The van der Waals surface area contributed by atoms with Gasteiger partial charge in [0.25, 0.3) is 5.89 Å². The van der Waals surface area contributed by atoms with Gasteiger partial charge in [-0.1, -0.05) is 5.16 Å².